The van der Waals surface area contributed by atoms with Gasteiger partial charge in [-0.05, 0) is 53.5 Å². The molecule has 1 aliphatic rings. The number of benzene rings is 1. The van der Waals surface area contributed by atoms with E-state index in [1.807, 2.05) is 12.1 Å². The first kappa shape index (κ1) is 13.6. The molecule has 5 heteroatoms. The normalized spacial score (nSPS) is 23.7. The van der Waals surface area contributed by atoms with Gasteiger partial charge >= 0.3 is 0 Å². The number of nitrogens with one attached hydrogen (secondary N) is 1. The largest absolute Gasteiger partial charge is 0.377 e. The summed E-state index contributed by atoms with van der Waals surface area (Å²) in [4.78, 5) is 10.7. The van der Waals surface area contributed by atoms with Gasteiger partial charge in [0.1, 0.15) is 5.69 Å². The molecule has 0 amide bonds. The molecule has 1 aromatic rings. The number of nitro groups is 1. The van der Waals surface area contributed by atoms with E-state index in [2.05, 4.69) is 34.8 Å². The molecule has 1 saturated carbocycles. The second-order valence-electron chi connectivity index (χ2n) is 5.03. The first-order valence-electron chi connectivity index (χ1n) is 6.26. The Labute approximate surface area is 120 Å². The summed E-state index contributed by atoms with van der Waals surface area (Å²) in [5, 5.41) is 14.4. The smallest absolute Gasteiger partial charge is 0.293 e. The van der Waals surface area contributed by atoms with Gasteiger partial charge in [0.15, 0.2) is 0 Å². The van der Waals surface area contributed by atoms with Gasteiger partial charge < -0.3 is 5.32 Å². The molecule has 0 bridgehead atoms. The van der Waals surface area contributed by atoms with Crippen LogP contribution in [0.2, 0.25) is 0 Å². The van der Waals surface area contributed by atoms with E-state index in [4.69, 9.17) is 0 Å². The van der Waals surface area contributed by atoms with E-state index < -0.39 is 0 Å². The van der Waals surface area contributed by atoms with Crippen LogP contribution in [-0.4, -0.2) is 11.0 Å². The second-order valence-corrected chi connectivity index (χ2v) is 6.28. The lowest BCUT2D eigenvalue weighted by molar-refractivity contribution is -0.384. The molecule has 2 atom stereocenters. The molecular formula is C13H17IN2O2. The van der Waals surface area contributed by atoms with E-state index in [0.29, 0.717) is 17.6 Å². The average Bonchev–Trinajstić information content (AvgIpc) is 2.31. The fourth-order valence-electron chi connectivity index (χ4n) is 2.56. The molecule has 2 unspecified atom stereocenters. The van der Waals surface area contributed by atoms with Crippen molar-refractivity contribution < 1.29 is 4.92 Å². The van der Waals surface area contributed by atoms with Crippen LogP contribution in [0, 0.1) is 19.6 Å². The summed E-state index contributed by atoms with van der Waals surface area (Å²) in [7, 11) is 0. The highest BCUT2D eigenvalue weighted by molar-refractivity contribution is 14.1. The van der Waals surface area contributed by atoms with Crippen molar-refractivity contribution in [2.45, 2.75) is 38.6 Å². The molecule has 0 aliphatic heterocycles. The van der Waals surface area contributed by atoms with E-state index in [1.54, 1.807) is 6.07 Å². The van der Waals surface area contributed by atoms with Crippen LogP contribution < -0.4 is 5.32 Å². The Hall–Kier alpha value is -0.850. The minimum atomic E-state index is -0.309. The Morgan fingerprint density at radius 3 is 2.89 bits per heavy atom. The summed E-state index contributed by atoms with van der Waals surface area (Å²) < 4.78 is 0.891. The standard InChI is InChI=1S/C13H17IN2O2/c1-9-3-2-4-11(7-9)15-12-6-5-10(14)8-13(12)16(17)18/h5-6,8-9,11,15H,2-4,7H2,1H3. The molecule has 4 nitrogen and oxygen atoms in total. The Morgan fingerprint density at radius 1 is 1.44 bits per heavy atom. The van der Waals surface area contributed by atoms with Gasteiger partial charge in [-0.3, -0.25) is 10.1 Å². The molecule has 0 spiro atoms. The third-order valence-electron chi connectivity index (χ3n) is 3.45. The average molecular weight is 360 g/mol. The minimum absolute atomic E-state index is 0.181. The molecule has 1 aliphatic carbocycles. The van der Waals surface area contributed by atoms with Gasteiger partial charge in [0.2, 0.25) is 0 Å². The number of nitro benzene ring substituents is 1. The lowest BCUT2D eigenvalue weighted by atomic mass is 9.87. The van der Waals surface area contributed by atoms with Gasteiger partial charge in [-0.2, -0.15) is 0 Å². The van der Waals surface area contributed by atoms with Crippen LogP contribution in [0.3, 0.4) is 0 Å². The topological polar surface area (TPSA) is 55.2 Å². The van der Waals surface area contributed by atoms with E-state index >= 15 is 0 Å². The lowest BCUT2D eigenvalue weighted by Gasteiger charge is -2.28. The van der Waals surface area contributed by atoms with Crippen LogP contribution in [-0.2, 0) is 0 Å². The monoisotopic (exact) mass is 360 g/mol. The molecule has 0 aromatic heterocycles. The van der Waals surface area contributed by atoms with Crippen molar-refractivity contribution in [3.05, 3.63) is 31.9 Å². The minimum Gasteiger partial charge on any atom is -0.377 e. The number of hydrogen-bond acceptors (Lipinski definition) is 3. The van der Waals surface area contributed by atoms with Crippen LogP contribution >= 0.6 is 22.6 Å². The maximum Gasteiger partial charge on any atom is 0.293 e. The number of rotatable bonds is 3. The molecule has 2 rings (SSSR count). The second kappa shape index (κ2) is 5.86. The van der Waals surface area contributed by atoms with Crippen molar-refractivity contribution in [1.29, 1.82) is 0 Å². The summed E-state index contributed by atoms with van der Waals surface area (Å²) in [5.41, 5.74) is 0.833. The first-order valence-corrected chi connectivity index (χ1v) is 7.34. The van der Waals surface area contributed by atoms with E-state index in [0.717, 1.165) is 16.4 Å². The Bertz CT molecular complexity index is 451. The SMILES string of the molecule is CC1CCCC(Nc2ccc(I)cc2[N+](=O)[O-])C1. The zero-order valence-electron chi connectivity index (χ0n) is 10.4. The Kier molecular flexibility index (Phi) is 4.42. The van der Waals surface area contributed by atoms with Crippen LogP contribution in [0.4, 0.5) is 11.4 Å². The Balaban J connectivity index is 2.15. The van der Waals surface area contributed by atoms with Crippen LogP contribution in [0.15, 0.2) is 18.2 Å². The maximum atomic E-state index is 11.0. The van der Waals surface area contributed by atoms with Gasteiger partial charge in [0.25, 0.3) is 5.69 Å². The highest BCUT2D eigenvalue weighted by Crippen LogP contribution is 2.31. The van der Waals surface area contributed by atoms with Gasteiger partial charge in [-0.1, -0.05) is 19.8 Å². The van der Waals surface area contributed by atoms with Gasteiger partial charge in [0, 0.05) is 15.7 Å². The molecular weight excluding hydrogens is 343 g/mol. The van der Waals surface area contributed by atoms with Crippen LogP contribution in [0.5, 0.6) is 0 Å². The predicted octanol–water partition coefficient (Wildman–Crippen LogP) is 4.19. The molecule has 18 heavy (non-hydrogen) atoms. The van der Waals surface area contributed by atoms with Crippen molar-refractivity contribution in [2.75, 3.05) is 5.32 Å². The quantitative estimate of drug-likeness (QED) is 0.500. The summed E-state index contributed by atoms with van der Waals surface area (Å²) in [6.45, 7) is 2.25. The van der Waals surface area contributed by atoms with Gasteiger partial charge in [-0.15, -0.1) is 0 Å². The van der Waals surface area contributed by atoms with Gasteiger partial charge in [-0.25, -0.2) is 0 Å². The molecule has 1 N–H and O–H groups in total. The van der Waals surface area contributed by atoms with Crippen LogP contribution in [0.1, 0.15) is 32.6 Å². The molecule has 0 radical (unpaired) electrons. The third kappa shape index (κ3) is 3.34. The van der Waals surface area contributed by atoms with E-state index in [-0.39, 0.29) is 10.6 Å². The molecule has 98 valence electrons. The van der Waals surface area contributed by atoms with Crippen molar-refractivity contribution in [2.24, 2.45) is 5.92 Å². The summed E-state index contributed by atoms with van der Waals surface area (Å²) in [6.07, 6.45) is 4.68. The number of anilines is 1. The number of halogens is 1. The Morgan fingerprint density at radius 2 is 2.22 bits per heavy atom. The highest BCUT2D eigenvalue weighted by atomic mass is 127. The maximum absolute atomic E-state index is 11.0. The van der Waals surface area contributed by atoms with Crippen LogP contribution in [0.25, 0.3) is 0 Å². The predicted molar refractivity (Wildman–Crippen MR) is 80.9 cm³/mol. The van der Waals surface area contributed by atoms with Crippen molar-refractivity contribution in [1.82, 2.24) is 0 Å². The highest BCUT2D eigenvalue weighted by Gasteiger charge is 2.22. The van der Waals surface area contributed by atoms with Crippen molar-refractivity contribution in [3.63, 3.8) is 0 Å². The number of hydrogen-bond donors (Lipinski definition) is 1. The fourth-order valence-corrected chi connectivity index (χ4v) is 3.04. The first-order chi connectivity index (χ1) is 8.56. The van der Waals surface area contributed by atoms with E-state index in [1.165, 1.54) is 12.8 Å². The fraction of sp³-hybridized carbons (Fsp3) is 0.538. The van der Waals surface area contributed by atoms with E-state index in [9.17, 15) is 10.1 Å². The number of nitrogens with zero attached hydrogens (tertiary/aromatic N) is 1. The lowest BCUT2D eigenvalue weighted by Crippen LogP contribution is -2.26. The molecule has 1 fully saturated rings. The zero-order valence-corrected chi connectivity index (χ0v) is 12.5. The molecule has 0 heterocycles. The van der Waals surface area contributed by atoms with Gasteiger partial charge in [0.05, 0.1) is 4.92 Å². The third-order valence-corrected chi connectivity index (χ3v) is 4.12. The molecule has 0 saturated heterocycles. The van der Waals surface area contributed by atoms with Crippen molar-refractivity contribution >= 4 is 34.0 Å². The van der Waals surface area contributed by atoms with Crippen molar-refractivity contribution in [3.8, 4) is 0 Å². The summed E-state index contributed by atoms with van der Waals surface area (Å²) in [5.74, 6) is 0.708. The summed E-state index contributed by atoms with van der Waals surface area (Å²) >= 11 is 2.10. The zero-order chi connectivity index (χ0) is 13.1. The molecule has 1 aromatic carbocycles. The summed E-state index contributed by atoms with van der Waals surface area (Å²) in [6, 6.07) is 5.71.